The summed E-state index contributed by atoms with van der Waals surface area (Å²) in [6.07, 6.45) is 1.97. The van der Waals surface area contributed by atoms with Gasteiger partial charge in [-0.1, -0.05) is 11.3 Å². The highest BCUT2D eigenvalue weighted by atomic mass is 32.1. The Labute approximate surface area is 113 Å². The predicted molar refractivity (Wildman–Crippen MR) is 74.3 cm³/mol. The highest BCUT2D eigenvalue weighted by Gasteiger charge is 2.19. The van der Waals surface area contributed by atoms with E-state index in [0.717, 1.165) is 41.9 Å². The number of anilines is 1. The molecule has 2 unspecified atom stereocenters. The molecule has 1 fully saturated rings. The standard InChI is InChI=1S/C13H22N2O2S/c1-9-12(10(2)16)18-13(14-9)15(3)7-11-5-4-6-17-8-11/h10-11,16H,4-8H2,1-3H3. The van der Waals surface area contributed by atoms with E-state index in [2.05, 4.69) is 16.9 Å². The largest absolute Gasteiger partial charge is 0.388 e. The molecule has 1 aromatic rings. The van der Waals surface area contributed by atoms with Crippen LogP contribution in [0.4, 0.5) is 5.13 Å². The molecule has 1 saturated heterocycles. The minimum absolute atomic E-state index is 0.428. The van der Waals surface area contributed by atoms with Crippen LogP contribution in [0.15, 0.2) is 0 Å². The number of thiazole rings is 1. The Morgan fingerprint density at radius 1 is 1.61 bits per heavy atom. The van der Waals surface area contributed by atoms with Gasteiger partial charge in [0.2, 0.25) is 0 Å². The highest BCUT2D eigenvalue weighted by molar-refractivity contribution is 7.15. The second kappa shape index (κ2) is 5.99. The van der Waals surface area contributed by atoms with Crippen LogP contribution in [-0.4, -0.2) is 36.9 Å². The van der Waals surface area contributed by atoms with Gasteiger partial charge in [0.1, 0.15) is 0 Å². The van der Waals surface area contributed by atoms with Crippen molar-refractivity contribution in [3.05, 3.63) is 10.6 Å². The van der Waals surface area contributed by atoms with E-state index in [-0.39, 0.29) is 0 Å². The van der Waals surface area contributed by atoms with Crippen molar-refractivity contribution in [1.29, 1.82) is 0 Å². The van der Waals surface area contributed by atoms with Crippen LogP contribution in [0.3, 0.4) is 0 Å². The summed E-state index contributed by atoms with van der Waals surface area (Å²) < 4.78 is 5.50. The second-order valence-electron chi connectivity index (χ2n) is 5.09. The number of hydrogen-bond acceptors (Lipinski definition) is 5. The molecule has 0 bridgehead atoms. The zero-order valence-corrected chi connectivity index (χ0v) is 12.2. The number of aliphatic hydroxyl groups is 1. The quantitative estimate of drug-likeness (QED) is 0.912. The summed E-state index contributed by atoms with van der Waals surface area (Å²) >= 11 is 1.59. The van der Waals surface area contributed by atoms with Crippen molar-refractivity contribution in [2.45, 2.75) is 32.8 Å². The van der Waals surface area contributed by atoms with Gasteiger partial charge in [-0.2, -0.15) is 0 Å². The Morgan fingerprint density at radius 3 is 2.94 bits per heavy atom. The second-order valence-corrected chi connectivity index (χ2v) is 6.09. The average Bonchev–Trinajstić information content (AvgIpc) is 2.73. The van der Waals surface area contributed by atoms with E-state index in [9.17, 15) is 5.11 Å². The van der Waals surface area contributed by atoms with Gasteiger partial charge in [0.25, 0.3) is 0 Å². The topological polar surface area (TPSA) is 45.6 Å². The Hall–Kier alpha value is -0.650. The van der Waals surface area contributed by atoms with Crippen molar-refractivity contribution >= 4 is 16.5 Å². The van der Waals surface area contributed by atoms with Crippen LogP contribution in [0.1, 0.15) is 36.4 Å². The van der Waals surface area contributed by atoms with Crippen molar-refractivity contribution in [2.75, 3.05) is 31.7 Å². The van der Waals surface area contributed by atoms with E-state index in [1.165, 1.54) is 6.42 Å². The van der Waals surface area contributed by atoms with Crippen molar-refractivity contribution in [1.82, 2.24) is 4.98 Å². The number of aryl methyl sites for hydroxylation is 1. The first-order valence-corrected chi connectivity index (χ1v) is 7.34. The molecule has 2 heterocycles. The van der Waals surface area contributed by atoms with Crippen LogP contribution in [0.5, 0.6) is 0 Å². The summed E-state index contributed by atoms with van der Waals surface area (Å²) in [4.78, 5) is 7.69. The van der Waals surface area contributed by atoms with E-state index in [4.69, 9.17) is 4.74 Å². The minimum atomic E-state index is -0.428. The number of ether oxygens (including phenoxy) is 1. The van der Waals surface area contributed by atoms with Gasteiger partial charge in [-0.15, -0.1) is 0 Å². The summed E-state index contributed by atoms with van der Waals surface area (Å²) in [6, 6.07) is 0. The normalized spacial score (nSPS) is 21.9. The molecule has 1 aliphatic rings. The summed E-state index contributed by atoms with van der Waals surface area (Å²) in [6.45, 7) is 6.49. The van der Waals surface area contributed by atoms with Crippen LogP contribution in [0, 0.1) is 12.8 Å². The Kier molecular flexibility index (Phi) is 4.59. The third-order valence-corrected chi connectivity index (χ3v) is 4.76. The number of hydrogen-bond donors (Lipinski definition) is 1. The molecular weight excluding hydrogens is 248 g/mol. The van der Waals surface area contributed by atoms with Crippen molar-refractivity contribution in [2.24, 2.45) is 5.92 Å². The minimum Gasteiger partial charge on any atom is -0.388 e. The maximum atomic E-state index is 9.65. The fraction of sp³-hybridized carbons (Fsp3) is 0.769. The highest BCUT2D eigenvalue weighted by Crippen LogP contribution is 2.30. The first-order chi connectivity index (χ1) is 8.58. The molecule has 1 aliphatic heterocycles. The molecule has 2 atom stereocenters. The van der Waals surface area contributed by atoms with E-state index in [1.807, 2.05) is 6.92 Å². The number of aromatic nitrogens is 1. The summed E-state index contributed by atoms with van der Waals surface area (Å²) in [7, 11) is 2.07. The van der Waals surface area contributed by atoms with Gasteiger partial charge in [0.15, 0.2) is 5.13 Å². The van der Waals surface area contributed by atoms with E-state index < -0.39 is 6.10 Å². The van der Waals surface area contributed by atoms with E-state index >= 15 is 0 Å². The predicted octanol–water partition coefficient (Wildman–Crippen LogP) is 2.37. The van der Waals surface area contributed by atoms with Gasteiger partial charge in [0.05, 0.1) is 23.3 Å². The van der Waals surface area contributed by atoms with Crippen molar-refractivity contribution in [3.8, 4) is 0 Å². The van der Waals surface area contributed by atoms with Gasteiger partial charge < -0.3 is 14.7 Å². The fourth-order valence-electron chi connectivity index (χ4n) is 2.36. The lowest BCUT2D eigenvalue weighted by atomic mass is 10.0. The molecule has 4 nitrogen and oxygen atoms in total. The Morgan fingerprint density at radius 2 is 2.39 bits per heavy atom. The molecule has 0 spiro atoms. The Bertz CT molecular complexity index is 386. The molecule has 0 saturated carbocycles. The van der Waals surface area contributed by atoms with Gasteiger partial charge in [-0.05, 0) is 32.6 Å². The average molecular weight is 270 g/mol. The van der Waals surface area contributed by atoms with Gasteiger partial charge in [0, 0.05) is 20.2 Å². The zero-order valence-electron chi connectivity index (χ0n) is 11.3. The van der Waals surface area contributed by atoms with Gasteiger partial charge >= 0.3 is 0 Å². The monoisotopic (exact) mass is 270 g/mol. The zero-order chi connectivity index (χ0) is 13.1. The Balaban J connectivity index is 1.99. The molecule has 1 N–H and O–H groups in total. The summed E-state index contributed by atoms with van der Waals surface area (Å²) in [5, 5.41) is 10.6. The number of aliphatic hydroxyl groups excluding tert-OH is 1. The summed E-state index contributed by atoms with van der Waals surface area (Å²) in [5.41, 5.74) is 0.941. The van der Waals surface area contributed by atoms with E-state index in [1.54, 1.807) is 18.3 Å². The molecule has 1 aromatic heterocycles. The lowest BCUT2D eigenvalue weighted by Crippen LogP contribution is -2.30. The first kappa shape index (κ1) is 13.8. The summed E-state index contributed by atoms with van der Waals surface area (Å²) in [5.74, 6) is 0.600. The molecular formula is C13H22N2O2S. The smallest absolute Gasteiger partial charge is 0.185 e. The number of rotatable bonds is 4. The molecule has 0 aliphatic carbocycles. The number of nitrogens with zero attached hydrogens (tertiary/aromatic N) is 2. The van der Waals surface area contributed by atoms with Crippen LogP contribution < -0.4 is 4.90 Å². The first-order valence-electron chi connectivity index (χ1n) is 6.52. The van der Waals surface area contributed by atoms with Crippen LogP contribution in [-0.2, 0) is 4.74 Å². The lowest BCUT2D eigenvalue weighted by molar-refractivity contribution is 0.0576. The molecule has 102 valence electrons. The molecule has 0 aromatic carbocycles. The molecule has 18 heavy (non-hydrogen) atoms. The maximum absolute atomic E-state index is 9.65. The van der Waals surface area contributed by atoms with Gasteiger partial charge in [-0.3, -0.25) is 0 Å². The van der Waals surface area contributed by atoms with Crippen LogP contribution >= 0.6 is 11.3 Å². The van der Waals surface area contributed by atoms with Crippen molar-refractivity contribution < 1.29 is 9.84 Å². The van der Waals surface area contributed by atoms with Crippen LogP contribution in [0.25, 0.3) is 0 Å². The van der Waals surface area contributed by atoms with Crippen LogP contribution in [0.2, 0.25) is 0 Å². The third-order valence-electron chi connectivity index (χ3n) is 3.31. The van der Waals surface area contributed by atoms with Crippen molar-refractivity contribution in [3.63, 3.8) is 0 Å². The van der Waals surface area contributed by atoms with Gasteiger partial charge in [-0.25, -0.2) is 4.98 Å². The fourth-order valence-corrected chi connectivity index (χ4v) is 3.33. The van der Waals surface area contributed by atoms with E-state index in [0.29, 0.717) is 5.92 Å². The molecule has 0 amide bonds. The SMILES string of the molecule is Cc1nc(N(C)CC2CCCOC2)sc1C(C)O. The molecule has 0 radical (unpaired) electrons. The molecule has 2 rings (SSSR count). The lowest BCUT2D eigenvalue weighted by Gasteiger charge is -2.26. The third kappa shape index (κ3) is 3.22. The maximum Gasteiger partial charge on any atom is 0.185 e. The molecule has 5 heteroatoms.